The Morgan fingerprint density at radius 3 is 3.00 bits per heavy atom. The summed E-state index contributed by atoms with van der Waals surface area (Å²) in [6.45, 7) is 0.683. The molecule has 2 heterocycles. The molecule has 3 rings (SSSR count). The first-order valence-electron chi connectivity index (χ1n) is 5.67. The number of nitrogens with one attached hydrogen (secondary N) is 1. The lowest BCUT2D eigenvalue weighted by Gasteiger charge is -2.04. The maximum absolute atomic E-state index is 11.0. The summed E-state index contributed by atoms with van der Waals surface area (Å²) < 4.78 is 1.16. The average Bonchev–Trinajstić information content (AvgIpc) is 3.04. The van der Waals surface area contributed by atoms with E-state index in [1.165, 1.54) is 11.3 Å². The van der Waals surface area contributed by atoms with Gasteiger partial charge in [0.2, 0.25) is 5.91 Å². The molecule has 0 aliphatic heterocycles. The number of hydrogen-bond donors (Lipinski definition) is 2. The zero-order valence-corrected chi connectivity index (χ0v) is 11.6. The van der Waals surface area contributed by atoms with E-state index in [2.05, 4.69) is 16.4 Å². The largest absolute Gasteiger partial charge is 0.380 e. The quantitative estimate of drug-likeness (QED) is 0.775. The van der Waals surface area contributed by atoms with Crippen LogP contribution in [0.5, 0.6) is 0 Å². The van der Waals surface area contributed by atoms with E-state index in [9.17, 15) is 4.79 Å². The van der Waals surface area contributed by atoms with Crippen LogP contribution in [0.2, 0.25) is 0 Å². The zero-order valence-electron chi connectivity index (χ0n) is 9.92. The number of carbonyl (C=O) groups excluding carboxylic acids is 1. The fourth-order valence-corrected chi connectivity index (χ4v) is 3.29. The summed E-state index contributed by atoms with van der Waals surface area (Å²) in [5.41, 5.74) is 9.70. The number of hydrogen-bond acceptors (Lipinski definition) is 5. The normalized spacial score (nSPS) is 10.7. The van der Waals surface area contributed by atoms with Crippen molar-refractivity contribution >= 4 is 44.5 Å². The minimum atomic E-state index is -0.381. The van der Waals surface area contributed by atoms with Gasteiger partial charge < -0.3 is 11.1 Å². The maximum atomic E-state index is 11.0. The highest BCUT2D eigenvalue weighted by Gasteiger charge is 2.05. The number of nitrogens with zero attached hydrogens (tertiary/aromatic N) is 1. The van der Waals surface area contributed by atoms with E-state index in [-0.39, 0.29) is 5.91 Å². The molecule has 0 spiro atoms. The Hall–Kier alpha value is -1.92. The van der Waals surface area contributed by atoms with Crippen LogP contribution < -0.4 is 11.1 Å². The molecule has 0 atom stereocenters. The van der Waals surface area contributed by atoms with E-state index >= 15 is 0 Å². The molecule has 1 aromatic carbocycles. The van der Waals surface area contributed by atoms with Crippen LogP contribution in [0.3, 0.4) is 0 Å². The van der Waals surface area contributed by atoms with Crippen molar-refractivity contribution in [3.05, 3.63) is 45.6 Å². The van der Waals surface area contributed by atoms with Crippen LogP contribution in [0, 0.1) is 0 Å². The maximum Gasteiger partial charge on any atom is 0.249 e. The van der Waals surface area contributed by atoms with Crippen LogP contribution in [0.1, 0.15) is 15.2 Å². The lowest BCUT2D eigenvalue weighted by Crippen LogP contribution is -2.09. The second kappa shape index (κ2) is 4.99. The van der Waals surface area contributed by atoms with Crippen molar-refractivity contribution in [1.82, 2.24) is 4.98 Å². The minimum Gasteiger partial charge on any atom is -0.380 e. The minimum absolute atomic E-state index is 0.381. The summed E-state index contributed by atoms with van der Waals surface area (Å²) in [4.78, 5) is 16.3. The van der Waals surface area contributed by atoms with Gasteiger partial charge in [-0.1, -0.05) is 0 Å². The van der Waals surface area contributed by atoms with Crippen molar-refractivity contribution in [1.29, 1.82) is 0 Å². The lowest BCUT2D eigenvalue weighted by molar-refractivity contribution is 0.100. The number of nitrogens with two attached hydrogens (primary N) is 1. The Morgan fingerprint density at radius 2 is 2.21 bits per heavy atom. The highest BCUT2D eigenvalue weighted by Crippen LogP contribution is 2.23. The molecule has 0 fully saturated rings. The first-order valence-corrected chi connectivity index (χ1v) is 7.42. The Kier molecular flexibility index (Phi) is 3.18. The summed E-state index contributed by atoms with van der Waals surface area (Å²) in [5.74, 6) is -0.381. The van der Waals surface area contributed by atoms with Crippen LogP contribution >= 0.6 is 22.7 Å². The van der Waals surface area contributed by atoms with Gasteiger partial charge >= 0.3 is 0 Å². The number of thiophene rings is 1. The number of rotatable bonds is 4. The van der Waals surface area contributed by atoms with E-state index in [4.69, 9.17) is 5.73 Å². The molecule has 0 bridgehead atoms. The van der Waals surface area contributed by atoms with Crippen molar-refractivity contribution in [2.75, 3.05) is 5.32 Å². The molecule has 0 saturated carbocycles. The van der Waals surface area contributed by atoms with E-state index in [0.717, 1.165) is 20.8 Å². The molecule has 0 radical (unpaired) electrons. The molecule has 0 unspecified atom stereocenters. The summed E-state index contributed by atoms with van der Waals surface area (Å²) in [6, 6.07) is 7.91. The van der Waals surface area contributed by atoms with Gasteiger partial charge in [0, 0.05) is 22.5 Å². The molecule has 2 aromatic heterocycles. The predicted octanol–water partition coefficient (Wildman–Crippen LogP) is 3.07. The molecule has 0 aliphatic carbocycles. The predicted molar refractivity (Wildman–Crippen MR) is 79.8 cm³/mol. The molecular formula is C13H11N3OS2. The van der Waals surface area contributed by atoms with Crippen LogP contribution in [0.15, 0.2) is 35.2 Å². The van der Waals surface area contributed by atoms with Crippen LogP contribution in [-0.4, -0.2) is 10.9 Å². The Labute approximate surface area is 117 Å². The van der Waals surface area contributed by atoms with E-state index in [0.29, 0.717) is 12.1 Å². The fourth-order valence-electron chi connectivity index (χ4n) is 1.76. The summed E-state index contributed by atoms with van der Waals surface area (Å²) >= 11 is 3.15. The lowest BCUT2D eigenvalue weighted by atomic mass is 10.3. The van der Waals surface area contributed by atoms with E-state index in [1.807, 2.05) is 23.7 Å². The van der Waals surface area contributed by atoms with Crippen LogP contribution in [0.25, 0.3) is 10.2 Å². The number of primary amides is 1. The second-order valence-corrected chi connectivity index (χ2v) is 5.94. The fraction of sp³-hybridized carbons (Fsp3) is 0.0769. The molecular weight excluding hydrogens is 278 g/mol. The van der Waals surface area contributed by atoms with E-state index in [1.54, 1.807) is 16.7 Å². The number of anilines is 1. The van der Waals surface area contributed by atoms with Crippen molar-refractivity contribution in [3.8, 4) is 0 Å². The molecule has 6 heteroatoms. The molecule has 3 N–H and O–H groups in total. The third-order valence-corrected chi connectivity index (χ3v) is 4.46. The van der Waals surface area contributed by atoms with E-state index < -0.39 is 0 Å². The SMILES string of the molecule is NC(=O)c1csc(CNc2ccc3ncsc3c2)c1. The zero-order chi connectivity index (χ0) is 13.2. The van der Waals surface area contributed by atoms with Gasteiger partial charge in [-0.2, -0.15) is 0 Å². The van der Waals surface area contributed by atoms with Gasteiger partial charge in [-0.05, 0) is 24.3 Å². The average molecular weight is 289 g/mol. The summed E-state index contributed by atoms with van der Waals surface area (Å²) in [6.07, 6.45) is 0. The Morgan fingerprint density at radius 1 is 1.32 bits per heavy atom. The second-order valence-electron chi connectivity index (χ2n) is 4.05. The highest BCUT2D eigenvalue weighted by atomic mass is 32.1. The van der Waals surface area contributed by atoms with Crippen molar-refractivity contribution in [2.45, 2.75) is 6.54 Å². The summed E-state index contributed by atoms with van der Waals surface area (Å²) in [7, 11) is 0. The Bertz CT molecular complexity index is 732. The first-order chi connectivity index (χ1) is 9.22. The van der Waals surface area contributed by atoms with Crippen molar-refractivity contribution in [2.24, 2.45) is 5.73 Å². The van der Waals surface area contributed by atoms with Gasteiger partial charge in [-0.15, -0.1) is 22.7 Å². The summed E-state index contributed by atoms with van der Waals surface area (Å²) in [5, 5.41) is 5.12. The number of carbonyl (C=O) groups is 1. The number of fused-ring (bicyclic) bond motifs is 1. The number of amides is 1. The number of aromatic nitrogens is 1. The molecule has 96 valence electrons. The molecule has 19 heavy (non-hydrogen) atoms. The van der Waals surface area contributed by atoms with Crippen molar-refractivity contribution < 1.29 is 4.79 Å². The topological polar surface area (TPSA) is 68.0 Å². The van der Waals surface area contributed by atoms with Gasteiger partial charge in [-0.25, -0.2) is 4.98 Å². The molecule has 4 nitrogen and oxygen atoms in total. The number of thiazole rings is 1. The van der Waals surface area contributed by atoms with Crippen LogP contribution in [-0.2, 0) is 6.54 Å². The molecule has 0 aliphatic rings. The standard InChI is InChI=1S/C13H11N3OS2/c14-13(17)8-3-10(18-6-8)5-15-9-1-2-11-12(4-9)19-7-16-11/h1-4,6-7,15H,5H2,(H2,14,17). The molecule has 0 saturated heterocycles. The third-order valence-electron chi connectivity index (χ3n) is 2.74. The third kappa shape index (κ3) is 2.59. The van der Waals surface area contributed by atoms with Gasteiger partial charge in [-0.3, -0.25) is 4.79 Å². The van der Waals surface area contributed by atoms with Crippen molar-refractivity contribution in [3.63, 3.8) is 0 Å². The Balaban J connectivity index is 1.72. The van der Waals surface area contributed by atoms with Gasteiger partial charge in [0.05, 0.1) is 21.3 Å². The highest BCUT2D eigenvalue weighted by molar-refractivity contribution is 7.16. The van der Waals surface area contributed by atoms with Gasteiger partial charge in [0.25, 0.3) is 0 Å². The number of benzene rings is 1. The van der Waals surface area contributed by atoms with Gasteiger partial charge in [0.15, 0.2) is 0 Å². The smallest absolute Gasteiger partial charge is 0.249 e. The van der Waals surface area contributed by atoms with Gasteiger partial charge in [0.1, 0.15) is 0 Å². The first kappa shape index (κ1) is 12.1. The molecule has 1 amide bonds. The van der Waals surface area contributed by atoms with Crippen LogP contribution in [0.4, 0.5) is 5.69 Å². The monoisotopic (exact) mass is 289 g/mol. The molecule has 3 aromatic rings.